The first-order valence-corrected chi connectivity index (χ1v) is 11.5. The number of carbonyl (C=O) groups excluding carboxylic acids is 3. The van der Waals surface area contributed by atoms with E-state index in [1.807, 2.05) is 47.6 Å². The maximum Gasteiger partial charge on any atom is 0.235 e. The van der Waals surface area contributed by atoms with Gasteiger partial charge in [0.15, 0.2) is 5.78 Å². The molecule has 7 heteroatoms. The number of amides is 2. The van der Waals surface area contributed by atoms with E-state index >= 15 is 0 Å². The Morgan fingerprint density at radius 3 is 2.70 bits per heavy atom. The average Bonchev–Trinajstić information content (AvgIpc) is 3.43. The molecule has 0 radical (unpaired) electrons. The predicted molar refractivity (Wildman–Crippen MR) is 118 cm³/mol. The molecule has 4 atom stereocenters. The van der Waals surface area contributed by atoms with Gasteiger partial charge in [0.2, 0.25) is 11.8 Å². The molecule has 2 amide bonds. The largest absolute Gasteiger partial charge is 0.352 e. The van der Waals surface area contributed by atoms with Crippen LogP contribution in [0.3, 0.4) is 0 Å². The summed E-state index contributed by atoms with van der Waals surface area (Å²) in [6.45, 7) is 2.45. The van der Waals surface area contributed by atoms with Crippen molar-refractivity contribution in [1.82, 2.24) is 4.90 Å². The standard InChI is InChI=1S/C23H21ClN2O3S/c1-2-3-10-25-22(28)18-16-8-6-13-12-14(24)7-9-15(13)26(16)20(19(18)23(25)29)21(27)17-5-4-11-30-17/h4-9,11-12,16,18-20H,2-3,10H2,1H3/t16-,18-,19-,20+/m1/s1. The van der Waals surface area contributed by atoms with Gasteiger partial charge >= 0.3 is 0 Å². The lowest BCUT2D eigenvalue weighted by molar-refractivity contribution is -0.140. The van der Waals surface area contributed by atoms with Gasteiger partial charge in [-0.2, -0.15) is 0 Å². The minimum absolute atomic E-state index is 0.0998. The first-order valence-electron chi connectivity index (χ1n) is 10.2. The number of ketones is 1. The normalized spacial score (nSPS) is 26.7. The third-order valence-electron chi connectivity index (χ3n) is 6.33. The minimum atomic E-state index is -0.702. The molecule has 1 aromatic heterocycles. The molecule has 5 rings (SSSR count). The number of benzene rings is 1. The average molecular weight is 441 g/mol. The molecule has 3 aliphatic heterocycles. The summed E-state index contributed by atoms with van der Waals surface area (Å²) < 4.78 is 0. The molecule has 4 heterocycles. The number of rotatable bonds is 5. The number of thiophene rings is 1. The summed E-state index contributed by atoms with van der Waals surface area (Å²) in [5, 5.41) is 2.46. The number of unbranched alkanes of at least 4 members (excludes halogenated alkanes) is 1. The van der Waals surface area contributed by atoms with Gasteiger partial charge in [-0.05, 0) is 41.6 Å². The summed E-state index contributed by atoms with van der Waals surface area (Å²) >= 11 is 7.54. The fourth-order valence-electron chi connectivity index (χ4n) is 5.01. The summed E-state index contributed by atoms with van der Waals surface area (Å²) in [5.41, 5.74) is 1.74. The molecule has 2 saturated heterocycles. The Labute approximate surface area is 183 Å². The van der Waals surface area contributed by atoms with Gasteiger partial charge in [-0.25, -0.2) is 0 Å². The maximum atomic E-state index is 13.6. The van der Waals surface area contributed by atoms with Crippen molar-refractivity contribution in [2.24, 2.45) is 11.8 Å². The highest BCUT2D eigenvalue weighted by Crippen LogP contribution is 2.49. The van der Waals surface area contributed by atoms with Gasteiger partial charge in [0.1, 0.15) is 6.04 Å². The lowest BCUT2D eigenvalue weighted by Crippen LogP contribution is -2.48. The second-order valence-corrected chi connectivity index (χ2v) is 9.36. The van der Waals surface area contributed by atoms with Crippen LogP contribution in [0.2, 0.25) is 5.02 Å². The lowest BCUT2D eigenvalue weighted by atomic mass is 9.87. The highest BCUT2D eigenvalue weighted by Gasteiger charge is 2.63. The minimum Gasteiger partial charge on any atom is -0.352 e. The van der Waals surface area contributed by atoms with Crippen molar-refractivity contribution in [3.63, 3.8) is 0 Å². The van der Waals surface area contributed by atoms with Gasteiger partial charge in [0.25, 0.3) is 0 Å². The quantitative estimate of drug-likeness (QED) is 0.514. The fraction of sp³-hybridized carbons (Fsp3) is 0.348. The number of halogens is 1. The Hall–Kier alpha value is -2.44. The number of Topliss-reactive ketones (excluding diaryl/α,β-unsaturated/α-hetero) is 1. The summed E-state index contributed by atoms with van der Waals surface area (Å²) in [4.78, 5) is 44.2. The number of hydrogen-bond acceptors (Lipinski definition) is 5. The molecule has 2 aromatic rings. The van der Waals surface area contributed by atoms with Crippen LogP contribution in [-0.4, -0.2) is 41.1 Å². The SMILES string of the molecule is CCCCN1C(=O)[C@@H]2[C@H](C1=O)[C@H]1C=Cc3cc(Cl)ccc3N1[C@@H]2C(=O)c1cccs1. The first kappa shape index (κ1) is 19.5. The summed E-state index contributed by atoms with van der Waals surface area (Å²) in [6, 6.07) is 8.12. The van der Waals surface area contributed by atoms with Gasteiger partial charge < -0.3 is 4.90 Å². The van der Waals surface area contributed by atoms with Crippen molar-refractivity contribution >= 4 is 52.3 Å². The second kappa shape index (κ2) is 7.36. The van der Waals surface area contributed by atoms with Crippen molar-refractivity contribution in [1.29, 1.82) is 0 Å². The summed E-state index contributed by atoms with van der Waals surface area (Å²) in [5.74, 6) is -1.68. The Bertz CT molecular complexity index is 1060. The van der Waals surface area contributed by atoms with Gasteiger partial charge in [0.05, 0.1) is 22.8 Å². The molecule has 154 valence electrons. The number of imide groups is 1. The summed E-state index contributed by atoms with van der Waals surface area (Å²) in [7, 11) is 0. The van der Waals surface area contributed by atoms with Crippen LogP contribution in [0.25, 0.3) is 6.08 Å². The molecule has 0 aliphatic carbocycles. The molecule has 0 spiro atoms. The number of fused-ring (bicyclic) bond motifs is 5. The van der Waals surface area contributed by atoms with Gasteiger partial charge in [-0.15, -0.1) is 11.3 Å². The zero-order valence-corrected chi connectivity index (χ0v) is 18.0. The highest BCUT2D eigenvalue weighted by molar-refractivity contribution is 7.12. The first-order chi connectivity index (χ1) is 14.5. The Morgan fingerprint density at radius 2 is 1.97 bits per heavy atom. The fourth-order valence-corrected chi connectivity index (χ4v) is 5.89. The van der Waals surface area contributed by atoms with E-state index in [0.29, 0.717) is 16.4 Å². The van der Waals surface area contributed by atoms with Crippen molar-refractivity contribution in [3.05, 3.63) is 57.3 Å². The molecule has 1 aromatic carbocycles. The van der Waals surface area contributed by atoms with E-state index in [4.69, 9.17) is 11.6 Å². The third kappa shape index (κ3) is 2.77. The van der Waals surface area contributed by atoms with Crippen LogP contribution in [0.1, 0.15) is 35.0 Å². The monoisotopic (exact) mass is 440 g/mol. The maximum absolute atomic E-state index is 13.6. The van der Waals surface area contributed by atoms with E-state index in [1.54, 1.807) is 12.1 Å². The molecule has 5 nitrogen and oxygen atoms in total. The van der Waals surface area contributed by atoms with Crippen molar-refractivity contribution in [2.45, 2.75) is 31.8 Å². The summed E-state index contributed by atoms with van der Waals surface area (Å²) in [6.07, 6.45) is 5.57. The Balaban J connectivity index is 1.63. The van der Waals surface area contributed by atoms with E-state index in [0.717, 1.165) is 24.1 Å². The van der Waals surface area contributed by atoms with E-state index in [9.17, 15) is 14.4 Å². The van der Waals surface area contributed by atoms with E-state index in [2.05, 4.69) is 0 Å². The number of carbonyl (C=O) groups is 3. The zero-order valence-electron chi connectivity index (χ0n) is 16.5. The molecule has 0 N–H and O–H groups in total. The van der Waals surface area contributed by atoms with Gasteiger partial charge in [-0.3, -0.25) is 19.3 Å². The molecular weight excluding hydrogens is 420 g/mol. The molecular formula is C23H21ClN2O3S. The van der Waals surface area contributed by atoms with Crippen molar-refractivity contribution in [3.8, 4) is 0 Å². The molecule has 0 saturated carbocycles. The lowest BCUT2D eigenvalue weighted by Gasteiger charge is -2.36. The van der Waals surface area contributed by atoms with Gasteiger partial charge in [0, 0.05) is 17.3 Å². The molecule has 3 aliphatic rings. The number of hydrogen-bond donors (Lipinski definition) is 0. The van der Waals surface area contributed by atoms with Crippen molar-refractivity contribution in [2.75, 3.05) is 11.4 Å². The predicted octanol–water partition coefficient (Wildman–Crippen LogP) is 4.27. The smallest absolute Gasteiger partial charge is 0.235 e. The van der Waals surface area contributed by atoms with E-state index < -0.39 is 17.9 Å². The number of nitrogens with zero attached hydrogens (tertiary/aromatic N) is 2. The van der Waals surface area contributed by atoms with Gasteiger partial charge in [-0.1, -0.05) is 43.2 Å². The van der Waals surface area contributed by atoms with Crippen LogP contribution in [0.5, 0.6) is 0 Å². The second-order valence-electron chi connectivity index (χ2n) is 7.98. The Kier molecular flexibility index (Phi) is 4.79. The molecule has 0 unspecified atom stereocenters. The molecule has 30 heavy (non-hydrogen) atoms. The van der Waals surface area contributed by atoms with Crippen LogP contribution in [-0.2, 0) is 9.59 Å². The van der Waals surface area contributed by atoms with Crippen LogP contribution >= 0.6 is 22.9 Å². The van der Waals surface area contributed by atoms with Crippen LogP contribution in [0, 0.1) is 11.8 Å². The van der Waals surface area contributed by atoms with Crippen LogP contribution < -0.4 is 4.90 Å². The Morgan fingerprint density at radius 1 is 1.17 bits per heavy atom. The zero-order chi connectivity index (χ0) is 21.0. The van der Waals surface area contributed by atoms with E-state index in [1.165, 1.54) is 16.2 Å². The van der Waals surface area contributed by atoms with Crippen molar-refractivity contribution < 1.29 is 14.4 Å². The number of anilines is 1. The van der Waals surface area contributed by atoms with E-state index in [-0.39, 0.29) is 23.6 Å². The third-order valence-corrected chi connectivity index (χ3v) is 7.45. The molecule has 2 fully saturated rings. The van der Waals surface area contributed by atoms with Crippen LogP contribution in [0.15, 0.2) is 41.8 Å². The van der Waals surface area contributed by atoms with Crippen LogP contribution in [0.4, 0.5) is 5.69 Å². The highest BCUT2D eigenvalue weighted by atomic mass is 35.5. The topological polar surface area (TPSA) is 57.7 Å². The number of likely N-dealkylation sites (tertiary alicyclic amines) is 1. The molecule has 0 bridgehead atoms.